The normalized spacial score (nSPS) is 20.5. The zero-order valence-electron chi connectivity index (χ0n) is 16.3. The minimum Gasteiger partial charge on any atom is -0.380 e. The van der Waals surface area contributed by atoms with Gasteiger partial charge in [-0.05, 0) is 72.6 Å². The van der Waals surface area contributed by atoms with Gasteiger partial charge in [-0.2, -0.15) is 0 Å². The third-order valence-corrected chi connectivity index (χ3v) is 5.70. The van der Waals surface area contributed by atoms with Crippen molar-refractivity contribution in [1.29, 1.82) is 0 Å². The lowest BCUT2D eigenvalue weighted by Gasteiger charge is -2.28. The largest absolute Gasteiger partial charge is 0.380 e. The number of hydrogen-bond acceptors (Lipinski definition) is 1. The van der Waals surface area contributed by atoms with Gasteiger partial charge in [0.25, 0.3) is 0 Å². The van der Waals surface area contributed by atoms with Crippen molar-refractivity contribution >= 4 is 0 Å². The molecule has 0 aliphatic heterocycles. The van der Waals surface area contributed by atoms with E-state index in [-0.39, 0.29) is 0 Å². The van der Waals surface area contributed by atoms with Crippen LogP contribution in [0.4, 0.5) is 0 Å². The molecule has 26 heavy (non-hydrogen) atoms. The monoisotopic (exact) mass is 348 g/mol. The van der Waals surface area contributed by atoms with Crippen molar-refractivity contribution in [2.24, 2.45) is 5.92 Å². The van der Waals surface area contributed by atoms with Crippen LogP contribution in [0.1, 0.15) is 62.5 Å². The van der Waals surface area contributed by atoms with Crippen LogP contribution in [0, 0.1) is 5.92 Å². The molecule has 0 spiro atoms. The van der Waals surface area contributed by atoms with E-state index in [0.717, 1.165) is 18.3 Å². The fourth-order valence-electron chi connectivity index (χ4n) is 4.09. The molecular weight excluding hydrogens is 316 g/mol. The standard InChI is InChI=1S/C25H32O/c1-3-4-5-6-20-7-11-22(12-8-20)24-15-17-25(18-16-24)23-13-9-21(10-14-23)19-26-2/h4-5,9-10,13-18,20,22H,3,6-8,11-12,19H2,1-2H3. The van der Waals surface area contributed by atoms with Gasteiger partial charge < -0.3 is 4.74 Å². The van der Waals surface area contributed by atoms with Crippen LogP contribution >= 0.6 is 0 Å². The SMILES string of the molecule is CCC=CCC1CCC(c2ccc(-c3ccc(COC)cc3)cc2)CC1. The van der Waals surface area contributed by atoms with Gasteiger partial charge in [0.05, 0.1) is 6.61 Å². The van der Waals surface area contributed by atoms with Crippen molar-refractivity contribution in [2.75, 3.05) is 7.11 Å². The lowest BCUT2D eigenvalue weighted by Crippen LogP contribution is -2.12. The molecule has 0 unspecified atom stereocenters. The van der Waals surface area contributed by atoms with Crippen molar-refractivity contribution < 1.29 is 4.74 Å². The van der Waals surface area contributed by atoms with Gasteiger partial charge in [-0.25, -0.2) is 0 Å². The van der Waals surface area contributed by atoms with Crippen LogP contribution in [-0.4, -0.2) is 7.11 Å². The molecule has 0 aromatic heterocycles. The molecule has 0 amide bonds. The van der Waals surface area contributed by atoms with E-state index in [4.69, 9.17) is 4.74 Å². The fourth-order valence-corrected chi connectivity index (χ4v) is 4.09. The molecule has 0 atom stereocenters. The van der Waals surface area contributed by atoms with Crippen molar-refractivity contribution in [3.8, 4) is 11.1 Å². The van der Waals surface area contributed by atoms with E-state index < -0.39 is 0 Å². The third kappa shape index (κ3) is 5.08. The molecule has 1 heteroatoms. The van der Waals surface area contributed by atoms with Crippen LogP contribution < -0.4 is 0 Å². The number of allylic oxidation sites excluding steroid dienone is 2. The van der Waals surface area contributed by atoms with E-state index in [1.165, 1.54) is 54.4 Å². The Morgan fingerprint density at radius 2 is 1.46 bits per heavy atom. The van der Waals surface area contributed by atoms with Crippen LogP contribution in [0.3, 0.4) is 0 Å². The van der Waals surface area contributed by atoms with Crippen LogP contribution in [0.15, 0.2) is 60.7 Å². The first-order valence-electron chi connectivity index (χ1n) is 10.1. The molecule has 1 fully saturated rings. The van der Waals surface area contributed by atoms with Gasteiger partial charge >= 0.3 is 0 Å². The van der Waals surface area contributed by atoms with Gasteiger partial charge in [0.1, 0.15) is 0 Å². The van der Waals surface area contributed by atoms with Crippen molar-refractivity contribution in [1.82, 2.24) is 0 Å². The number of hydrogen-bond donors (Lipinski definition) is 0. The number of methoxy groups -OCH3 is 1. The molecule has 3 rings (SSSR count). The summed E-state index contributed by atoms with van der Waals surface area (Å²) in [6.45, 7) is 2.89. The summed E-state index contributed by atoms with van der Waals surface area (Å²) >= 11 is 0. The van der Waals surface area contributed by atoms with Gasteiger partial charge in [0.2, 0.25) is 0 Å². The first-order chi connectivity index (χ1) is 12.8. The molecule has 0 heterocycles. The van der Waals surface area contributed by atoms with Gasteiger partial charge in [-0.1, -0.05) is 67.6 Å². The zero-order valence-corrected chi connectivity index (χ0v) is 16.3. The average Bonchev–Trinajstić information content (AvgIpc) is 2.70. The summed E-state index contributed by atoms with van der Waals surface area (Å²) in [5.74, 6) is 1.65. The summed E-state index contributed by atoms with van der Waals surface area (Å²) in [6.07, 6.45) is 12.6. The Hall–Kier alpha value is -1.86. The molecule has 1 nitrogen and oxygen atoms in total. The molecule has 0 saturated heterocycles. The molecular formula is C25H32O. The van der Waals surface area contributed by atoms with Crippen LogP contribution in [0.2, 0.25) is 0 Å². The maximum atomic E-state index is 5.19. The van der Waals surface area contributed by atoms with Gasteiger partial charge in [0.15, 0.2) is 0 Å². The van der Waals surface area contributed by atoms with E-state index in [9.17, 15) is 0 Å². The second-order valence-corrected chi connectivity index (χ2v) is 7.58. The molecule has 0 bridgehead atoms. The van der Waals surface area contributed by atoms with E-state index >= 15 is 0 Å². The molecule has 1 saturated carbocycles. The Balaban J connectivity index is 1.57. The lowest BCUT2D eigenvalue weighted by molar-refractivity contribution is 0.185. The summed E-state index contributed by atoms with van der Waals surface area (Å²) in [5.41, 5.74) is 5.32. The topological polar surface area (TPSA) is 9.23 Å². The van der Waals surface area contributed by atoms with E-state index in [2.05, 4.69) is 67.6 Å². The third-order valence-electron chi connectivity index (χ3n) is 5.70. The average molecular weight is 349 g/mol. The summed E-state index contributed by atoms with van der Waals surface area (Å²) < 4.78 is 5.19. The van der Waals surface area contributed by atoms with Crippen LogP contribution in [0.25, 0.3) is 11.1 Å². The lowest BCUT2D eigenvalue weighted by atomic mass is 9.77. The predicted molar refractivity (Wildman–Crippen MR) is 111 cm³/mol. The Morgan fingerprint density at radius 1 is 0.846 bits per heavy atom. The highest BCUT2D eigenvalue weighted by Gasteiger charge is 2.21. The molecule has 2 aromatic carbocycles. The number of benzene rings is 2. The number of ether oxygens (including phenoxy) is 1. The highest BCUT2D eigenvalue weighted by Crippen LogP contribution is 2.37. The van der Waals surface area contributed by atoms with Gasteiger partial charge in [-0.15, -0.1) is 0 Å². The smallest absolute Gasteiger partial charge is 0.0713 e. The van der Waals surface area contributed by atoms with Crippen LogP contribution in [0.5, 0.6) is 0 Å². The van der Waals surface area contributed by atoms with E-state index in [1.54, 1.807) is 7.11 Å². The summed E-state index contributed by atoms with van der Waals surface area (Å²) in [7, 11) is 1.74. The minimum absolute atomic E-state index is 0.677. The van der Waals surface area contributed by atoms with Gasteiger partial charge in [-0.3, -0.25) is 0 Å². The molecule has 0 N–H and O–H groups in total. The van der Waals surface area contributed by atoms with Gasteiger partial charge in [0, 0.05) is 7.11 Å². The molecule has 1 aliphatic carbocycles. The Labute approximate surface area is 159 Å². The molecule has 1 aliphatic rings. The fraction of sp³-hybridized carbons (Fsp3) is 0.440. The van der Waals surface area contributed by atoms with E-state index in [1.807, 2.05) is 0 Å². The summed E-state index contributed by atoms with van der Waals surface area (Å²) in [6, 6.07) is 18.0. The highest BCUT2D eigenvalue weighted by molar-refractivity contribution is 5.64. The maximum Gasteiger partial charge on any atom is 0.0713 e. The predicted octanol–water partition coefficient (Wildman–Crippen LogP) is 7.13. The first-order valence-corrected chi connectivity index (χ1v) is 10.1. The molecule has 2 aromatic rings. The maximum absolute atomic E-state index is 5.19. The molecule has 0 radical (unpaired) electrons. The summed E-state index contributed by atoms with van der Waals surface area (Å²) in [4.78, 5) is 0. The highest BCUT2D eigenvalue weighted by atomic mass is 16.5. The Bertz CT molecular complexity index is 673. The van der Waals surface area contributed by atoms with Crippen molar-refractivity contribution in [2.45, 2.75) is 58.0 Å². The van der Waals surface area contributed by atoms with E-state index in [0.29, 0.717) is 6.61 Å². The summed E-state index contributed by atoms with van der Waals surface area (Å²) in [5, 5.41) is 0. The minimum atomic E-state index is 0.677. The van der Waals surface area contributed by atoms with Crippen molar-refractivity contribution in [3.05, 3.63) is 71.8 Å². The molecule has 138 valence electrons. The zero-order chi connectivity index (χ0) is 18.2. The Kier molecular flexibility index (Phi) is 7.08. The van der Waals surface area contributed by atoms with Crippen molar-refractivity contribution in [3.63, 3.8) is 0 Å². The quantitative estimate of drug-likeness (QED) is 0.484. The number of rotatable bonds is 7. The Morgan fingerprint density at radius 3 is 2.04 bits per heavy atom. The second kappa shape index (κ2) is 9.73. The van der Waals surface area contributed by atoms with Crippen LogP contribution in [-0.2, 0) is 11.3 Å². The first kappa shape index (κ1) is 18.9. The second-order valence-electron chi connectivity index (χ2n) is 7.58.